The lowest BCUT2D eigenvalue weighted by atomic mass is 10.1. The van der Waals surface area contributed by atoms with Crippen molar-refractivity contribution in [3.8, 4) is 0 Å². The predicted molar refractivity (Wildman–Crippen MR) is 61.4 cm³/mol. The molecule has 16 heavy (non-hydrogen) atoms. The monoisotopic (exact) mass is 295 g/mol. The standard InChI is InChI=1S/C11H13BrF3N/c1-2-16-10(11(13,14)15)7-8-4-3-5-9(12)6-8/h3-6,10,16H,2,7H2,1H3. The van der Waals surface area contributed by atoms with E-state index in [1.165, 1.54) is 0 Å². The van der Waals surface area contributed by atoms with Gasteiger partial charge in [-0.1, -0.05) is 35.0 Å². The summed E-state index contributed by atoms with van der Waals surface area (Å²) >= 11 is 3.24. The second-order valence-corrected chi connectivity index (χ2v) is 4.40. The Kier molecular flexibility index (Phi) is 4.80. The molecule has 0 amide bonds. The van der Waals surface area contributed by atoms with Crippen molar-refractivity contribution in [2.75, 3.05) is 6.54 Å². The SMILES string of the molecule is CCNC(Cc1cccc(Br)c1)C(F)(F)F. The van der Waals surface area contributed by atoms with E-state index in [4.69, 9.17) is 0 Å². The van der Waals surface area contributed by atoms with Crippen molar-refractivity contribution < 1.29 is 13.2 Å². The molecule has 1 aromatic carbocycles. The third-order valence-electron chi connectivity index (χ3n) is 2.17. The molecule has 0 radical (unpaired) electrons. The zero-order chi connectivity index (χ0) is 12.2. The maximum Gasteiger partial charge on any atom is 0.404 e. The lowest BCUT2D eigenvalue weighted by molar-refractivity contribution is -0.155. The van der Waals surface area contributed by atoms with E-state index in [1.807, 2.05) is 0 Å². The van der Waals surface area contributed by atoms with Crippen LogP contribution < -0.4 is 5.32 Å². The number of likely N-dealkylation sites (N-methyl/N-ethyl adjacent to an activating group) is 1. The minimum atomic E-state index is -4.21. The fourth-order valence-corrected chi connectivity index (χ4v) is 1.90. The van der Waals surface area contributed by atoms with Crippen LogP contribution in [0.15, 0.2) is 28.7 Å². The van der Waals surface area contributed by atoms with Gasteiger partial charge in [0.05, 0.1) is 0 Å². The van der Waals surface area contributed by atoms with Crippen LogP contribution in [-0.4, -0.2) is 18.8 Å². The molecule has 5 heteroatoms. The molecule has 0 heterocycles. The maximum absolute atomic E-state index is 12.6. The summed E-state index contributed by atoms with van der Waals surface area (Å²) in [5, 5.41) is 2.45. The van der Waals surface area contributed by atoms with Gasteiger partial charge in [0, 0.05) is 4.47 Å². The van der Waals surface area contributed by atoms with Crippen molar-refractivity contribution in [2.24, 2.45) is 0 Å². The van der Waals surface area contributed by atoms with Crippen molar-refractivity contribution in [3.05, 3.63) is 34.3 Å². The van der Waals surface area contributed by atoms with Crippen molar-refractivity contribution in [2.45, 2.75) is 25.6 Å². The second kappa shape index (κ2) is 5.68. The van der Waals surface area contributed by atoms with Gasteiger partial charge in [-0.3, -0.25) is 0 Å². The Morgan fingerprint density at radius 2 is 2.06 bits per heavy atom. The van der Waals surface area contributed by atoms with E-state index in [2.05, 4.69) is 21.2 Å². The van der Waals surface area contributed by atoms with E-state index >= 15 is 0 Å². The molecular formula is C11H13BrF3N. The fourth-order valence-electron chi connectivity index (χ4n) is 1.45. The summed E-state index contributed by atoms with van der Waals surface area (Å²) in [7, 11) is 0. The van der Waals surface area contributed by atoms with Crippen LogP contribution >= 0.6 is 15.9 Å². The van der Waals surface area contributed by atoms with Gasteiger partial charge >= 0.3 is 6.18 Å². The minimum absolute atomic E-state index is 0.0449. The van der Waals surface area contributed by atoms with Gasteiger partial charge in [0.2, 0.25) is 0 Å². The summed E-state index contributed by atoms with van der Waals surface area (Å²) in [6.45, 7) is 1.97. The Hall–Kier alpha value is -0.550. The Labute approximate surface area is 101 Å². The van der Waals surface area contributed by atoms with Crippen molar-refractivity contribution >= 4 is 15.9 Å². The molecule has 0 bridgehead atoms. The molecule has 0 aliphatic carbocycles. The molecule has 0 aromatic heterocycles. The zero-order valence-corrected chi connectivity index (χ0v) is 10.4. The van der Waals surface area contributed by atoms with E-state index in [0.717, 1.165) is 4.47 Å². The molecule has 0 fully saturated rings. The first-order valence-electron chi connectivity index (χ1n) is 4.98. The van der Waals surface area contributed by atoms with E-state index in [9.17, 15) is 13.2 Å². The summed E-state index contributed by atoms with van der Waals surface area (Å²) in [5.41, 5.74) is 0.664. The number of benzene rings is 1. The minimum Gasteiger partial charge on any atom is -0.306 e. The van der Waals surface area contributed by atoms with Crippen LogP contribution in [0.5, 0.6) is 0 Å². The van der Waals surface area contributed by atoms with Gasteiger partial charge in [-0.2, -0.15) is 13.2 Å². The topological polar surface area (TPSA) is 12.0 Å². The molecule has 1 unspecified atom stereocenters. The van der Waals surface area contributed by atoms with Crippen LogP contribution in [0.3, 0.4) is 0 Å². The number of alkyl halides is 3. The normalized spacial score (nSPS) is 13.8. The van der Waals surface area contributed by atoms with Crippen LogP contribution in [-0.2, 0) is 6.42 Å². The van der Waals surface area contributed by atoms with E-state index in [0.29, 0.717) is 12.1 Å². The number of rotatable bonds is 4. The van der Waals surface area contributed by atoms with Gasteiger partial charge < -0.3 is 5.32 Å². The molecule has 0 aliphatic rings. The molecular weight excluding hydrogens is 283 g/mol. The second-order valence-electron chi connectivity index (χ2n) is 3.49. The summed E-state index contributed by atoms with van der Waals surface area (Å²) in [6, 6.07) is 5.45. The van der Waals surface area contributed by atoms with E-state index < -0.39 is 12.2 Å². The lowest BCUT2D eigenvalue weighted by Crippen LogP contribution is -2.43. The van der Waals surface area contributed by atoms with E-state index in [1.54, 1.807) is 31.2 Å². The number of hydrogen-bond acceptors (Lipinski definition) is 1. The average Bonchev–Trinajstić information content (AvgIpc) is 2.16. The van der Waals surface area contributed by atoms with E-state index in [-0.39, 0.29) is 6.42 Å². The molecule has 1 nitrogen and oxygen atoms in total. The third kappa shape index (κ3) is 4.14. The fraction of sp³-hybridized carbons (Fsp3) is 0.455. The van der Waals surface area contributed by atoms with Gasteiger partial charge in [-0.05, 0) is 30.7 Å². The highest BCUT2D eigenvalue weighted by Crippen LogP contribution is 2.24. The summed E-state index contributed by atoms with van der Waals surface area (Å²) < 4.78 is 38.7. The Balaban J connectivity index is 2.76. The molecule has 1 aromatic rings. The number of nitrogens with one attached hydrogen (secondary N) is 1. The van der Waals surface area contributed by atoms with Crippen LogP contribution in [0.2, 0.25) is 0 Å². The summed E-state index contributed by atoms with van der Waals surface area (Å²) in [5.74, 6) is 0. The maximum atomic E-state index is 12.6. The molecule has 1 N–H and O–H groups in total. The summed E-state index contributed by atoms with van der Waals surface area (Å²) in [4.78, 5) is 0. The van der Waals surface area contributed by atoms with Crippen LogP contribution in [0, 0.1) is 0 Å². The molecule has 0 spiro atoms. The first-order chi connectivity index (χ1) is 7.43. The average molecular weight is 296 g/mol. The lowest BCUT2D eigenvalue weighted by Gasteiger charge is -2.21. The third-order valence-corrected chi connectivity index (χ3v) is 2.67. The van der Waals surface area contributed by atoms with Gasteiger partial charge in [0.15, 0.2) is 0 Å². The quantitative estimate of drug-likeness (QED) is 0.896. The first-order valence-corrected chi connectivity index (χ1v) is 5.77. The highest BCUT2D eigenvalue weighted by Gasteiger charge is 2.38. The first kappa shape index (κ1) is 13.5. The number of hydrogen-bond donors (Lipinski definition) is 1. The molecule has 90 valence electrons. The molecule has 1 atom stereocenters. The Morgan fingerprint density at radius 3 is 2.56 bits per heavy atom. The highest BCUT2D eigenvalue weighted by molar-refractivity contribution is 9.10. The summed E-state index contributed by atoms with van der Waals surface area (Å²) in [6.07, 6.45) is -4.25. The van der Waals surface area contributed by atoms with Gasteiger partial charge in [0.25, 0.3) is 0 Å². The molecule has 0 saturated heterocycles. The van der Waals surface area contributed by atoms with Crippen molar-refractivity contribution in [1.29, 1.82) is 0 Å². The Bertz CT molecular complexity index is 338. The number of halogens is 4. The van der Waals surface area contributed by atoms with Gasteiger partial charge in [-0.15, -0.1) is 0 Å². The predicted octanol–water partition coefficient (Wildman–Crippen LogP) is 3.53. The van der Waals surface area contributed by atoms with Gasteiger partial charge in [0.1, 0.15) is 6.04 Å². The van der Waals surface area contributed by atoms with Gasteiger partial charge in [-0.25, -0.2) is 0 Å². The van der Waals surface area contributed by atoms with Crippen LogP contribution in [0.4, 0.5) is 13.2 Å². The van der Waals surface area contributed by atoms with Crippen molar-refractivity contribution in [3.63, 3.8) is 0 Å². The van der Waals surface area contributed by atoms with Crippen LogP contribution in [0.1, 0.15) is 12.5 Å². The zero-order valence-electron chi connectivity index (χ0n) is 8.81. The van der Waals surface area contributed by atoms with Crippen molar-refractivity contribution in [1.82, 2.24) is 5.32 Å². The van der Waals surface area contributed by atoms with Crippen LogP contribution in [0.25, 0.3) is 0 Å². The molecule has 0 aliphatic heterocycles. The molecule has 1 rings (SSSR count). The largest absolute Gasteiger partial charge is 0.404 e. The Morgan fingerprint density at radius 1 is 1.38 bits per heavy atom. The smallest absolute Gasteiger partial charge is 0.306 e. The highest BCUT2D eigenvalue weighted by atomic mass is 79.9. The molecule has 0 saturated carbocycles.